The summed E-state index contributed by atoms with van der Waals surface area (Å²) >= 11 is 6.05. The van der Waals surface area contributed by atoms with E-state index < -0.39 is 24.2 Å². The molecule has 1 amide bonds. The van der Waals surface area contributed by atoms with Gasteiger partial charge in [-0.2, -0.15) is 13.2 Å². The zero-order chi connectivity index (χ0) is 21.5. The van der Waals surface area contributed by atoms with Crippen molar-refractivity contribution in [2.75, 3.05) is 18.0 Å². The number of H-pyrrole nitrogens is 1. The molecule has 30 heavy (non-hydrogen) atoms. The number of fused-ring (bicyclic) bond motifs is 1. The molecular formula is C19H18ClF3N6O. The number of amides is 1. The minimum Gasteiger partial charge on any atom is -0.345 e. The third kappa shape index (κ3) is 3.79. The molecule has 4 rings (SSSR count). The molecule has 1 aliphatic heterocycles. The van der Waals surface area contributed by atoms with Crippen molar-refractivity contribution in [3.63, 3.8) is 0 Å². The molecule has 158 valence electrons. The minimum absolute atomic E-state index is 0.396. The summed E-state index contributed by atoms with van der Waals surface area (Å²) in [7, 11) is 0. The summed E-state index contributed by atoms with van der Waals surface area (Å²) in [6.45, 7) is 0.754. The monoisotopic (exact) mass is 438 g/mol. The van der Waals surface area contributed by atoms with Gasteiger partial charge in [0.25, 0.3) is 0 Å². The van der Waals surface area contributed by atoms with Gasteiger partial charge in [0.2, 0.25) is 5.91 Å². The van der Waals surface area contributed by atoms with Gasteiger partial charge in [0, 0.05) is 36.1 Å². The summed E-state index contributed by atoms with van der Waals surface area (Å²) in [6.07, 6.45) is 1.40. The predicted octanol–water partition coefficient (Wildman–Crippen LogP) is 3.71. The van der Waals surface area contributed by atoms with Crippen molar-refractivity contribution < 1.29 is 18.0 Å². The number of alkyl halides is 3. The van der Waals surface area contributed by atoms with Crippen LogP contribution in [0.2, 0.25) is 5.02 Å². The molecule has 3 aromatic heterocycles. The van der Waals surface area contributed by atoms with E-state index in [1.54, 1.807) is 36.4 Å². The Hall–Kier alpha value is -2.88. The molecule has 0 bridgehead atoms. The van der Waals surface area contributed by atoms with Crippen LogP contribution in [-0.4, -0.2) is 50.6 Å². The second-order valence-electron chi connectivity index (χ2n) is 7.32. The lowest BCUT2D eigenvalue weighted by Crippen LogP contribution is -2.55. The van der Waals surface area contributed by atoms with Crippen LogP contribution >= 0.6 is 11.6 Å². The van der Waals surface area contributed by atoms with Crippen LogP contribution in [0.4, 0.5) is 19.0 Å². The lowest BCUT2D eigenvalue weighted by molar-refractivity contribution is -0.141. The van der Waals surface area contributed by atoms with Crippen molar-refractivity contribution in [3.05, 3.63) is 35.7 Å². The number of pyridine rings is 1. The van der Waals surface area contributed by atoms with Crippen molar-refractivity contribution in [2.24, 2.45) is 0 Å². The highest BCUT2D eigenvalue weighted by Gasteiger charge is 2.45. The number of nitrogens with one attached hydrogen (secondary N) is 2. The molecule has 0 spiro atoms. The number of carbonyl (C=O) groups excluding carboxylic acids is 1. The predicted molar refractivity (Wildman–Crippen MR) is 106 cm³/mol. The van der Waals surface area contributed by atoms with E-state index in [1.165, 1.54) is 6.20 Å². The molecule has 1 aliphatic rings. The fourth-order valence-electron chi connectivity index (χ4n) is 3.73. The Labute approximate surface area is 174 Å². The lowest BCUT2D eigenvalue weighted by Gasteiger charge is -2.35. The van der Waals surface area contributed by atoms with Gasteiger partial charge in [-0.25, -0.2) is 15.0 Å². The Bertz CT molecular complexity index is 1100. The summed E-state index contributed by atoms with van der Waals surface area (Å²) in [5, 5.41) is 3.21. The third-order valence-electron chi connectivity index (χ3n) is 5.24. The highest BCUT2D eigenvalue weighted by Crippen LogP contribution is 2.35. The van der Waals surface area contributed by atoms with Crippen molar-refractivity contribution in [2.45, 2.75) is 31.5 Å². The maximum absolute atomic E-state index is 12.6. The molecule has 0 aliphatic carbocycles. The number of hydrogen-bond acceptors (Lipinski definition) is 5. The van der Waals surface area contributed by atoms with Crippen LogP contribution in [0.5, 0.6) is 0 Å². The Morgan fingerprint density at radius 2 is 2.20 bits per heavy atom. The minimum atomic E-state index is -4.47. The van der Waals surface area contributed by atoms with Crippen molar-refractivity contribution in [3.8, 4) is 11.4 Å². The van der Waals surface area contributed by atoms with E-state index in [0.29, 0.717) is 47.3 Å². The van der Waals surface area contributed by atoms with Gasteiger partial charge in [-0.3, -0.25) is 4.79 Å². The second kappa shape index (κ2) is 7.42. The molecule has 7 nitrogen and oxygen atoms in total. The van der Waals surface area contributed by atoms with Crippen LogP contribution in [-0.2, 0) is 4.79 Å². The van der Waals surface area contributed by atoms with E-state index in [9.17, 15) is 18.0 Å². The first-order valence-corrected chi connectivity index (χ1v) is 9.64. The largest absolute Gasteiger partial charge is 0.405 e. The highest BCUT2D eigenvalue weighted by molar-refractivity contribution is 6.31. The van der Waals surface area contributed by atoms with E-state index in [1.807, 2.05) is 5.32 Å². The Balaban J connectivity index is 1.66. The van der Waals surface area contributed by atoms with Gasteiger partial charge in [-0.15, -0.1) is 0 Å². The summed E-state index contributed by atoms with van der Waals surface area (Å²) in [6, 6.07) is 3.39. The number of halogens is 4. The van der Waals surface area contributed by atoms with Crippen LogP contribution in [0, 0.1) is 0 Å². The van der Waals surface area contributed by atoms with Crippen LogP contribution in [0.25, 0.3) is 22.4 Å². The first kappa shape index (κ1) is 20.4. The molecule has 3 aromatic rings. The number of aromatic amines is 1. The topological polar surface area (TPSA) is 86.8 Å². The Kier molecular flexibility index (Phi) is 5.05. The normalized spacial score (nSPS) is 19.4. The quantitative estimate of drug-likeness (QED) is 0.648. The molecule has 2 N–H and O–H groups in total. The van der Waals surface area contributed by atoms with Crippen LogP contribution < -0.4 is 10.2 Å². The number of carbonyl (C=O) groups is 1. The summed E-state index contributed by atoms with van der Waals surface area (Å²) in [4.78, 5) is 30.5. The maximum atomic E-state index is 12.6. The van der Waals surface area contributed by atoms with Gasteiger partial charge < -0.3 is 15.2 Å². The zero-order valence-electron chi connectivity index (χ0n) is 15.9. The molecular weight excluding hydrogens is 421 g/mol. The number of nitrogens with zero attached hydrogens (tertiary/aromatic N) is 4. The van der Waals surface area contributed by atoms with Crippen molar-refractivity contribution >= 4 is 34.4 Å². The van der Waals surface area contributed by atoms with E-state index >= 15 is 0 Å². The number of rotatable bonds is 4. The first-order chi connectivity index (χ1) is 14.2. The SMILES string of the molecule is CC1(C(=O)NCC(F)(F)F)CCCN1c1ccnc(-c2c[nH]c3ncc(Cl)cc23)n1. The summed E-state index contributed by atoms with van der Waals surface area (Å²) in [5.41, 5.74) is 0.173. The first-order valence-electron chi connectivity index (χ1n) is 9.26. The van der Waals surface area contributed by atoms with Gasteiger partial charge in [0.1, 0.15) is 23.5 Å². The fraction of sp³-hybridized carbons (Fsp3) is 0.368. The number of hydrogen-bond donors (Lipinski definition) is 2. The van der Waals surface area contributed by atoms with Crippen LogP contribution in [0.3, 0.4) is 0 Å². The van der Waals surface area contributed by atoms with E-state index in [0.717, 1.165) is 5.39 Å². The molecule has 1 atom stereocenters. The number of anilines is 1. The molecule has 4 heterocycles. The summed E-state index contributed by atoms with van der Waals surface area (Å²) in [5.74, 6) is 0.180. The molecule has 0 aromatic carbocycles. The molecule has 0 radical (unpaired) electrons. The Morgan fingerprint density at radius 3 is 2.97 bits per heavy atom. The van der Waals surface area contributed by atoms with Crippen LogP contribution in [0.1, 0.15) is 19.8 Å². The van der Waals surface area contributed by atoms with Crippen molar-refractivity contribution in [1.82, 2.24) is 25.3 Å². The van der Waals surface area contributed by atoms with Gasteiger partial charge in [-0.05, 0) is 31.9 Å². The highest BCUT2D eigenvalue weighted by atomic mass is 35.5. The molecule has 1 fully saturated rings. The second-order valence-corrected chi connectivity index (χ2v) is 7.75. The van der Waals surface area contributed by atoms with Gasteiger partial charge in [-0.1, -0.05) is 11.6 Å². The van der Waals surface area contributed by atoms with Crippen LogP contribution in [0.15, 0.2) is 30.7 Å². The fourth-order valence-corrected chi connectivity index (χ4v) is 3.89. The average molecular weight is 439 g/mol. The smallest absolute Gasteiger partial charge is 0.345 e. The zero-order valence-corrected chi connectivity index (χ0v) is 16.7. The van der Waals surface area contributed by atoms with Gasteiger partial charge >= 0.3 is 6.18 Å². The van der Waals surface area contributed by atoms with Gasteiger partial charge in [0.15, 0.2) is 5.82 Å². The maximum Gasteiger partial charge on any atom is 0.405 e. The average Bonchev–Trinajstić information content (AvgIpc) is 3.29. The molecule has 0 saturated carbocycles. The third-order valence-corrected chi connectivity index (χ3v) is 5.44. The lowest BCUT2D eigenvalue weighted by atomic mass is 9.97. The van der Waals surface area contributed by atoms with E-state index in [-0.39, 0.29) is 0 Å². The summed E-state index contributed by atoms with van der Waals surface area (Å²) < 4.78 is 37.6. The van der Waals surface area contributed by atoms with Crippen molar-refractivity contribution in [1.29, 1.82) is 0 Å². The van der Waals surface area contributed by atoms with E-state index in [2.05, 4.69) is 19.9 Å². The Morgan fingerprint density at radius 1 is 1.40 bits per heavy atom. The number of aromatic nitrogens is 4. The van der Waals surface area contributed by atoms with Gasteiger partial charge in [0.05, 0.1) is 5.02 Å². The molecule has 11 heteroatoms. The molecule has 1 unspecified atom stereocenters. The standard InChI is InChI=1S/C19H18ClF3N6O/c1-18(17(30)27-10-19(21,22)23)4-2-6-29(18)14-3-5-24-16(28-14)13-9-26-15-12(13)7-11(20)8-25-15/h3,5,7-9H,2,4,6,10H2,1H3,(H,25,26)(H,27,30). The van der Waals surface area contributed by atoms with E-state index in [4.69, 9.17) is 11.6 Å². The molecule has 1 saturated heterocycles.